The monoisotopic (exact) mass is 539 g/mol. The van der Waals surface area contributed by atoms with E-state index in [2.05, 4.69) is 86.3 Å². The third-order valence-electron chi connectivity index (χ3n) is 8.91. The lowest BCUT2D eigenvalue weighted by atomic mass is 9.82. The van der Waals surface area contributed by atoms with Gasteiger partial charge in [-0.05, 0) is 113 Å². The Morgan fingerprint density at radius 2 is 0.974 bits per heavy atom. The molecule has 228 valence electrons. The van der Waals surface area contributed by atoms with Crippen LogP contribution in [0.15, 0.2) is 0 Å². The molecule has 0 aromatic heterocycles. The summed E-state index contributed by atoms with van der Waals surface area (Å²) in [6.07, 6.45) is 22.2. The third kappa shape index (κ3) is 12.1. The van der Waals surface area contributed by atoms with Crippen LogP contribution >= 0.6 is 0 Å². The quantitative estimate of drug-likeness (QED) is 0.194. The Labute approximate surface area is 239 Å². The van der Waals surface area contributed by atoms with Gasteiger partial charge in [-0.1, -0.05) is 72.1 Å². The molecule has 2 fully saturated rings. The zero-order valence-corrected chi connectivity index (χ0v) is 28.0. The molecule has 38 heavy (non-hydrogen) atoms. The van der Waals surface area contributed by atoms with Crippen molar-refractivity contribution in [1.82, 2.24) is 10.1 Å². The van der Waals surface area contributed by atoms with E-state index in [1.807, 2.05) is 0 Å². The normalized spacial score (nSPS) is 23.4. The highest BCUT2D eigenvalue weighted by Gasteiger charge is 2.44. The predicted molar refractivity (Wildman–Crippen MR) is 166 cm³/mol. The topological polar surface area (TPSA) is 24.9 Å². The molecule has 2 saturated heterocycles. The summed E-state index contributed by atoms with van der Waals surface area (Å²) in [5.74, 6) is 0. The van der Waals surface area contributed by atoms with Crippen molar-refractivity contribution in [2.75, 3.05) is 6.61 Å². The van der Waals surface area contributed by atoms with E-state index in [9.17, 15) is 0 Å². The summed E-state index contributed by atoms with van der Waals surface area (Å²) in [4.78, 5) is 12.6. The minimum absolute atomic E-state index is 0.167. The third-order valence-corrected chi connectivity index (χ3v) is 8.91. The maximum atomic E-state index is 6.45. The molecule has 1 atom stereocenters. The summed E-state index contributed by atoms with van der Waals surface area (Å²) in [5, 5.41) is 4.61. The SMILES string of the molecule is CCCCCC(CC)ON1C(C)(C)CCCC1(C)C.CCCCCCCCON1C(C)(C)CCCC1(C)C. The number of hydrogen-bond donors (Lipinski definition) is 0. The Kier molecular flexibility index (Phi) is 16.0. The Morgan fingerprint density at radius 3 is 1.45 bits per heavy atom. The predicted octanol–water partition coefficient (Wildman–Crippen LogP) is 10.6. The van der Waals surface area contributed by atoms with Crippen LogP contribution in [0.3, 0.4) is 0 Å². The van der Waals surface area contributed by atoms with Gasteiger partial charge in [0, 0.05) is 22.2 Å². The lowest BCUT2D eigenvalue weighted by molar-refractivity contribution is -0.306. The molecule has 1 unspecified atom stereocenters. The van der Waals surface area contributed by atoms with Gasteiger partial charge in [-0.3, -0.25) is 9.68 Å². The maximum absolute atomic E-state index is 6.45. The van der Waals surface area contributed by atoms with Gasteiger partial charge in [-0.25, -0.2) is 0 Å². The van der Waals surface area contributed by atoms with Crippen molar-refractivity contribution < 1.29 is 9.68 Å². The van der Waals surface area contributed by atoms with Gasteiger partial charge in [0.2, 0.25) is 0 Å². The number of hydrogen-bond acceptors (Lipinski definition) is 4. The van der Waals surface area contributed by atoms with Crippen LogP contribution in [-0.4, -0.2) is 45.0 Å². The molecule has 2 aliphatic heterocycles. The number of rotatable bonds is 15. The average Bonchev–Trinajstić information content (AvgIpc) is 2.81. The van der Waals surface area contributed by atoms with E-state index < -0.39 is 0 Å². The zero-order valence-electron chi connectivity index (χ0n) is 28.0. The molecule has 2 rings (SSSR count). The van der Waals surface area contributed by atoms with Crippen molar-refractivity contribution in [3.63, 3.8) is 0 Å². The fourth-order valence-corrected chi connectivity index (χ4v) is 6.73. The van der Waals surface area contributed by atoms with Gasteiger partial charge in [0.1, 0.15) is 0 Å². The lowest BCUT2D eigenvalue weighted by Crippen LogP contribution is -2.59. The zero-order chi connectivity index (χ0) is 28.9. The molecular formula is C34H70N2O2. The van der Waals surface area contributed by atoms with Crippen LogP contribution in [0.25, 0.3) is 0 Å². The number of piperidine rings is 2. The van der Waals surface area contributed by atoms with Crippen molar-refractivity contribution in [1.29, 1.82) is 0 Å². The second-order valence-corrected chi connectivity index (χ2v) is 14.8. The molecular weight excluding hydrogens is 468 g/mol. The minimum Gasteiger partial charge on any atom is -0.298 e. The molecule has 0 N–H and O–H groups in total. The minimum atomic E-state index is 0.167. The molecule has 0 amide bonds. The molecule has 0 saturated carbocycles. The van der Waals surface area contributed by atoms with Gasteiger partial charge in [-0.2, -0.15) is 10.1 Å². The smallest absolute Gasteiger partial charge is 0.0791 e. The summed E-state index contributed by atoms with van der Waals surface area (Å²) in [5.41, 5.74) is 0.702. The largest absolute Gasteiger partial charge is 0.298 e. The molecule has 0 bridgehead atoms. The Balaban J connectivity index is 0.000000380. The van der Waals surface area contributed by atoms with Crippen LogP contribution in [0.4, 0.5) is 0 Å². The fourth-order valence-electron chi connectivity index (χ4n) is 6.73. The van der Waals surface area contributed by atoms with Gasteiger partial charge in [0.15, 0.2) is 0 Å². The summed E-state index contributed by atoms with van der Waals surface area (Å²) in [6, 6.07) is 0. The highest BCUT2D eigenvalue weighted by atomic mass is 16.7. The van der Waals surface area contributed by atoms with Crippen molar-refractivity contribution >= 4 is 0 Å². The standard InChI is InChI=1S/2C17H35NO/c1-7-9-10-12-15(8-2)19-18-16(3,4)13-11-14-17(18,5)6;1-6-7-8-9-10-11-15-19-18-16(2,3)13-12-14-17(18,4)5/h15H,7-14H2,1-6H3;6-15H2,1-5H3. The Morgan fingerprint density at radius 1 is 0.553 bits per heavy atom. The van der Waals surface area contributed by atoms with E-state index in [4.69, 9.17) is 9.68 Å². The Hall–Kier alpha value is -0.160. The molecule has 0 radical (unpaired) electrons. The van der Waals surface area contributed by atoms with Crippen LogP contribution in [-0.2, 0) is 9.68 Å². The summed E-state index contributed by atoms with van der Waals surface area (Å²) >= 11 is 0. The van der Waals surface area contributed by atoms with E-state index in [0.717, 1.165) is 13.0 Å². The van der Waals surface area contributed by atoms with E-state index in [1.54, 1.807) is 0 Å². The number of hydroxylamine groups is 4. The van der Waals surface area contributed by atoms with Crippen LogP contribution in [0, 0.1) is 0 Å². The average molecular weight is 539 g/mol. The molecule has 0 aromatic carbocycles. The molecule has 4 heteroatoms. The maximum Gasteiger partial charge on any atom is 0.0791 e. The summed E-state index contributed by atoms with van der Waals surface area (Å²) in [6.45, 7) is 26.2. The van der Waals surface area contributed by atoms with Gasteiger partial charge in [-0.15, -0.1) is 0 Å². The van der Waals surface area contributed by atoms with Crippen molar-refractivity contribution in [2.24, 2.45) is 0 Å². The van der Waals surface area contributed by atoms with Crippen LogP contribution in [0.2, 0.25) is 0 Å². The molecule has 4 nitrogen and oxygen atoms in total. The molecule has 0 spiro atoms. The first kappa shape index (κ1) is 35.9. The molecule has 2 heterocycles. The van der Waals surface area contributed by atoms with E-state index in [0.29, 0.717) is 6.10 Å². The van der Waals surface area contributed by atoms with Crippen LogP contribution in [0.5, 0.6) is 0 Å². The molecule has 2 aliphatic rings. The van der Waals surface area contributed by atoms with Gasteiger partial charge >= 0.3 is 0 Å². The van der Waals surface area contributed by atoms with Gasteiger partial charge in [0.25, 0.3) is 0 Å². The highest BCUT2D eigenvalue weighted by Crippen LogP contribution is 2.40. The van der Waals surface area contributed by atoms with Gasteiger partial charge < -0.3 is 0 Å². The van der Waals surface area contributed by atoms with Crippen molar-refractivity contribution in [3.8, 4) is 0 Å². The lowest BCUT2D eigenvalue weighted by Gasteiger charge is -2.52. The second kappa shape index (κ2) is 16.9. The number of nitrogens with zero attached hydrogens (tertiary/aromatic N) is 2. The van der Waals surface area contributed by atoms with Crippen molar-refractivity contribution in [3.05, 3.63) is 0 Å². The Bertz CT molecular complexity index is 582. The van der Waals surface area contributed by atoms with Crippen LogP contribution in [0.1, 0.15) is 185 Å². The highest BCUT2D eigenvalue weighted by molar-refractivity contribution is 4.94. The van der Waals surface area contributed by atoms with Crippen LogP contribution < -0.4 is 0 Å². The van der Waals surface area contributed by atoms with E-state index >= 15 is 0 Å². The first-order valence-corrected chi connectivity index (χ1v) is 16.6. The molecule has 0 aromatic rings. The van der Waals surface area contributed by atoms with E-state index in [1.165, 1.54) is 103 Å². The number of unbranched alkanes of at least 4 members (excludes halogenated alkanes) is 7. The fraction of sp³-hybridized carbons (Fsp3) is 1.00. The second-order valence-electron chi connectivity index (χ2n) is 14.8. The van der Waals surface area contributed by atoms with Crippen molar-refractivity contribution in [2.45, 2.75) is 214 Å². The first-order chi connectivity index (χ1) is 17.7. The molecule has 0 aliphatic carbocycles. The van der Waals surface area contributed by atoms with Gasteiger partial charge in [0.05, 0.1) is 12.7 Å². The summed E-state index contributed by atoms with van der Waals surface area (Å²) < 4.78 is 0. The first-order valence-electron chi connectivity index (χ1n) is 16.6. The van der Waals surface area contributed by atoms with E-state index in [-0.39, 0.29) is 22.2 Å². The summed E-state index contributed by atoms with van der Waals surface area (Å²) in [7, 11) is 0.